The molecule has 3 aromatic heterocycles. The molecule has 0 spiro atoms. The van der Waals surface area contributed by atoms with Gasteiger partial charge in [0.15, 0.2) is 0 Å². The SMILES string of the molecule is Cc1ccc2ncc(-c3cccc([C@H]4CCCN(S(=O)(=O)N(C)C)C4)n3)n2c1. The van der Waals surface area contributed by atoms with Crippen molar-refractivity contribution in [2.45, 2.75) is 25.7 Å². The van der Waals surface area contributed by atoms with Gasteiger partial charge in [0.25, 0.3) is 10.2 Å². The van der Waals surface area contributed by atoms with Crippen molar-refractivity contribution < 1.29 is 8.42 Å². The van der Waals surface area contributed by atoms with Crippen molar-refractivity contribution in [2.24, 2.45) is 0 Å². The minimum Gasteiger partial charge on any atom is -0.298 e. The number of rotatable bonds is 4. The van der Waals surface area contributed by atoms with E-state index in [0.29, 0.717) is 13.1 Å². The molecule has 1 aliphatic heterocycles. The third kappa shape index (κ3) is 3.43. The number of imidazole rings is 1. The lowest BCUT2D eigenvalue weighted by Crippen LogP contribution is -2.45. The number of fused-ring (bicyclic) bond motifs is 1. The van der Waals surface area contributed by atoms with Crippen molar-refractivity contribution >= 4 is 15.9 Å². The fourth-order valence-electron chi connectivity index (χ4n) is 3.72. The van der Waals surface area contributed by atoms with E-state index in [0.717, 1.165) is 41.1 Å². The van der Waals surface area contributed by atoms with Gasteiger partial charge in [0.05, 0.1) is 17.6 Å². The van der Waals surface area contributed by atoms with Crippen LogP contribution < -0.4 is 0 Å². The summed E-state index contributed by atoms with van der Waals surface area (Å²) >= 11 is 0. The third-order valence-electron chi connectivity index (χ3n) is 5.28. The van der Waals surface area contributed by atoms with E-state index in [1.807, 2.05) is 40.9 Å². The minimum atomic E-state index is -3.40. The van der Waals surface area contributed by atoms with Gasteiger partial charge in [0.2, 0.25) is 0 Å². The van der Waals surface area contributed by atoms with Crippen LogP contribution in [0.1, 0.15) is 30.0 Å². The number of aryl methyl sites for hydroxylation is 1. The maximum atomic E-state index is 12.5. The second kappa shape index (κ2) is 7.27. The van der Waals surface area contributed by atoms with Crippen LogP contribution in [-0.2, 0) is 10.2 Å². The summed E-state index contributed by atoms with van der Waals surface area (Å²) in [6, 6.07) is 10.00. The molecule has 0 bridgehead atoms. The first-order valence-corrected chi connectivity index (χ1v) is 10.8. The number of piperidine rings is 1. The van der Waals surface area contributed by atoms with Crippen molar-refractivity contribution in [2.75, 3.05) is 27.2 Å². The molecule has 0 aromatic carbocycles. The van der Waals surface area contributed by atoms with E-state index in [4.69, 9.17) is 4.98 Å². The summed E-state index contributed by atoms with van der Waals surface area (Å²) in [5.41, 5.74) is 4.75. The average molecular weight is 400 g/mol. The number of aromatic nitrogens is 3. The maximum absolute atomic E-state index is 12.5. The predicted octanol–water partition coefficient (Wildman–Crippen LogP) is 2.69. The fraction of sp³-hybridized carbons (Fsp3) is 0.400. The Labute approximate surface area is 165 Å². The number of nitrogens with zero attached hydrogens (tertiary/aromatic N) is 5. The third-order valence-corrected chi connectivity index (χ3v) is 7.18. The van der Waals surface area contributed by atoms with E-state index in [1.165, 1.54) is 4.31 Å². The van der Waals surface area contributed by atoms with Gasteiger partial charge >= 0.3 is 0 Å². The summed E-state index contributed by atoms with van der Waals surface area (Å²) in [6.45, 7) is 3.07. The van der Waals surface area contributed by atoms with E-state index >= 15 is 0 Å². The summed E-state index contributed by atoms with van der Waals surface area (Å²) in [7, 11) is -0.255. The van der Waals surface area contributed by atoms with Gasteiger partial charge < -0.3 is 0 Å². The largest absolute Gasteiger partial charge is 0.298 e. The zero-order chi connectivity index (χ0) is 19.9. The van der Waals surface area contributed by atoms with Crippen LogP contribution in [0.3, 0.4) is 0 Å². The highest BCUT2D eigenvalue weighted by Crippen LogP contribution is 2.29. The molecular formula is C20H25N5O2S. The first kappa shape index (κ1) is 19.0. The smallest absolute Gasteiger partial charge is 0.281 e. The molecule has 3 aromatic rings. The van der Waals surface area contributed by atoms with Crippen molar-refractivity contribution in [1.29, 1.82) is 0 Å². The van der Waals surface area contributed by atoms with Crippen molar-refractivity contribution in [3.63, 3.8) is 0 Å². The van der Waals surface area contributed by atoms with Gasteiger partial charge in [-0.2, -0.15) is 17.0 Å². The number of hydrogen-bond acceptors (Lipinski definition) is 4. The molecule has 7 nitrogen and oxygen atoms in total. The summed E-state index contributed by atoms with van der Waals surface area (Å²) in [4.78, 5) is 9.36. The zero-order valence-electron chi connectivity index (χ0n) is 16.4. The Morgan fingerprint density at radius 3 is 2.79 bits per heavy atom. The van der Waals surface area contributed by atoms with Gasteiger partial charge in [0.1, 0.15) is 5.65 Å². The highest BCUT2D eigenvalue weighted by molar-refractivity contribution is 7.86. The Balaban J connectivity index is 1.66. The molecule has 1 saturated heterocycles. The summed E-state index contributed by atoms with van der Waals surface area (Å²) in [5.74, 6) is 0.0874. The molecule has 1 aliphatic rings. The molecule has 148 valence electrons. The molecule has 4 rings (SSSR count). The highest BCUT2D eigenvalue weighted by Gasteiger charge is 2.31. The van der Waals surface area contributed by atoms with Gasteiger partial charge in [-0.15, -0.1) is 0 Å². The summed E-state index contributed by atoms with van der Waals surface area (Å²) in [5, 5.41) is 0. The zero-order valence-corrected chi connectivity index (χ0v) is 17.2. The first-order chi connectivity index (χ1) is 13.4. The molecule has 0 amide bonds. The minimum absolute atomic E-state index is 0.0874. The lowest BCUT2D eigenvalue weighted by molar-refractivity contribution is 0.296. The molecule has 8 heteroatoms. The van der Waals surface area contributed by atoms with E-state index in [9.17, 15) is 8.42 Å². The molecule has 0 saturated carbocycles. The van der Waals surface area contributed by atoms with Crippen molar-refractivity contribution in [3.8, 4) is 11.4 Å². The highest BCUT2D eigenvalue weighted by atomic mass is 32.2. The molecule has 1 atom stereocenters. The van der Waals surface area contributed by atoms with Crippen LogP contribution in [0.2, 0.25) is 0 Å². The molecule has 0 unspecified atom stereocenters. The van der Waals surface area contributed by atoms with Crippen LogP contribution in [0, 0.1) is 6.92 Å². The lowest BCUT2D eigenvalue weighted by atomic mass is 9.95. The van der Waals surface area contributed by atoms with Crippen molar-refractivity contribution in [1.82, 2.24) is 23.0 Å². The van der Waals surface area contributed by atoms with Gasteiger partial charge in [-0.05, 0) is 43.5 Å². The van der Waals surface area contributed by atoms with Crippen LogP contribution in [0.5, 0.6) is 0 Å². The van der Waals surface area contributed by atoms with Crippen molar-refractivity contribution in [3.05, 3.63) is 54.0 Å². The van der Waals surface area contributed by atoms with Crippen LogP contribution in [-0.4, -0.2) is 58.6 Å². The number of hydrogen-bond donors (Lipinski definition) is 0. The van der Waals surface area contributed by atoms with Crippen LogP contribution in [0.25, 0.3) is 17.0 Å². The molecule has 28 heavy (non-hydrogen) atoms. The van der Waals surface area contributed by atoms with E-state index in [-0.39, 0.29) is 5.92 Å². The van der Waals surface area contributed by atoms with Gasteiger partial charge in [-0.25, -0.2) is 4.98 Å². The van der Waals surface area contributed by atoms with Crippen LogP contribution >= 0.6 is 0 Å². The van der Waals surface area contributed by atoms with Gasteiger partial charge in [0, 0.05) is 45.0 Å². The molecular weight excluding hydrogens is 374 g/mol. The molecule has 1 fully saturated rings. The van der Waals surface area contributed by atoms with E-state index < -0.39 is 10.2 Å². The van der Waals surface area contributed by atoms with Gasteiger partial charge in [-0.3, -0.25) is 9.38 Å². The van der Waals surface area contributed by atoms with Gasteiger partial charge in [-0.1, -0.05) is 12.1 Å². The molecule has 0 N–H and O–H groups in total. The maximum Gasteiger partial charge on any atom is 0.281 e. The Morgan fingerprint density at radius 2 is 2.00 bits per heavy atom. The fourth-order valence-corrected chi connectivity index (χ4v) is 4.91. The normalized spacial score (nSPS) is 18.8. The Kier molecular flexibility index (Phi) is 4.95. The van der Waals surface area contributed by atoms with E-state index in [2.05, 4.69) is 18.1 Å². The Hall–Kier alpha value is -2.29. The topological polar surface area (TPSA) is 70.8 Å². The first-order valence-electron chi connectivity index (χ1n) is 9.45. The summed E-state index contributed by atoms with van der Waals surface area (Å²) in [6.07, 6.45) is 5.66. The monoisotopic (exact) mass is 399 g/mol. The average Bonchev–Trinajstić information content (AvgIpc) is 3.11. The molecule has 0 aliphatic carbocycles. The van der Waals surface area contributed by atoms with E-state index in [1.54, 1.807) is 18.4 Å². The van der Waals surface area contributed by atoms with Crippen LogP contribution in [0.4, 0.5) is 0 Å². The lowest BCUT2D eigenvalue weighted by Gasteiger charge is -2.33. The van der Waals surface area contributed by atoms with Crippen LogP contribution in [0.15, 0.2) is 42.7 Å². The quantitative estimate of drug-likeness (QED) is 0.676. The molecule has 0 radical (unpaired) electrons. The predicted molar refractivity (Wildman–Crippen MR) is 109 cm³/mol. The molecule has 4 heterocycles. The second-order valence-corrected chi connectivity index (χ2v) is 9.66. The summed E-state index contributed by atoms with van der Waals surface area (Å²) < 4.78 is 29.9. The standard InChI is InChI=1S/C20H25N5O2S/c1-15-9-10-20-21-12-19(25(20)13-15)18-8-4-7-17(22-18)16-6-5-11-24(14-16)28(26,27)23(2)3/h4,7-10,12-13,16H,5-6,11,14H2,1-3H3/t16-/m0/s1. The number of pyridine rings is 2. The Morgan fingerprint density at radius 1 is 1.18 bits per heavy atom. The Bertz CT molecular complexity index is 1110. The second-order valence-electron chi connectivity index (χ2n) is 7.51.